The molecule has 1 amide bonds. The molecule has 0 fully saturated rings. The van der Waals surface area contributed by atoms with E-state index in [1.54, 1.807) is 30.5 Å². The van der Waals surface area contributed by atoms with Crippen LogP contribution in [-0.2, 0) is 10.0 Å². The summed E-state index contributed by atoms with van der Waals surface area (Å²) in [6, 6.07) is 12.7. The van der Waals surface area contributed by atoms with Gasteiger partial charge in [-0.1, -0.05) is 6.07 Å². The van der Waals surface area contributed by atoms with Crippen molar-refractivity contribution in [3.8, 4) is 11.5 Å². The molecule has 158 valence electrons. The Hall–Kier alpha value is -3.50. The third kappa shape index (κ3) is 4.65. The highest BCUT2D eigenvalue weighted by Crippen LogP contribution is 2.26. The van der Waals surface area contributed by atoms with E-state index in [9.17, 15) is 17.6 Å². The molecule has 31 heavy (non-hydrogen) atoms. The molecule has 0 atom stereocenters. The minimum Gasteiger partial charge on any atom is -0.463 e. The van der Waals surface area contributed by atoms with E-state index in [2.05, 4.69) is 15.0 Å². The molecule has 0 aliphatic rings. The van der Waals surface area contributed by atoms with Gasteiger partial charge in [-0.15, -0.1) is 11.3 Å². The predicted molar refractivity (Wildman–Crippen MR) is 116 cm³/mol. The topological polar surface area (TPSA) is 101 Å². The maximum Gasteiger partial charge on any atom is 0.261 e. The number of nitrogens with zero attached hydrogens (tertiary/aromatic N) is 1. The Morgan fingerprint density at radius 2 is 1.90 bits per heavy atom. The van der Waals surface area contributed by atoms with Gasteiger partial charge in [-0.25, -0.2) is 17.8 Å². The quantitative estimate of drug-likeness (QED) is 0.429. The van der Waals surface area contributed by atoms with Gasteiger partial charge in [0.05, 0.1) is 11.2 Å². The van der Waals surface area contributed by atoms with Crippen LogP contribution in [-0.4, -0.2) is 19.3 Å². The Kier molecular flexibility index (Phi) is 5.57. The first-order chi connectivity index (χ1) is 14.8. The van der Waals surface area contributed by atoms with Crippen molar-refractivity contribution in [2.24, 2.45) is 0 Å². The van der Waals surface area contributed by atoms with Crippen LogP contribution in [0.3, 0.4) is 0 Å². The van der Waals surface area contributed by atoms with E-state index in [0.29, 0.717) is 22.1 Å². The van der Waals surface area contributed by atoms with Crippen LogP contribution in [0, 0.1) is 12.7 Å². The SMILES string of the molecule is Cc1ccc(S(=O)(=O)Nc2ccc(F)cc2)cc1C(=O)Nc1nc(-c2ccco2)cs1. The largest absolute Gasteiger partial charge is 0.463 e. The first kappa shape index (κ1) is 20.8. The fourth-order valence-electron chi connectivity index (χ4n) is 2.78. The molecule has 2 N–H and O–H groups in total. The monoisotopic (exact) mass is 457 g/mol. The lowest BCUT2D eigenvalue weighted by molar-refractivity contribution is 0.102. The van der Waals surface area contributed by atoms with Crippen molar-refractivity contribution in [3.05, 3.63) is 83.2 Å². The average molecular weight is 458 g/mol. The first-order valence-electron chi connectivity index (χ1n) is 9.01. The Morgan fingerprint density at radius 3 is 2.61 bits per heavy atom. The zero-order valence-corrected chi connectivity index (χ0v) is 17.8. The highest BCUT2D eigenvalue weighted by atomic mass is 32.2. The van der Waals surface area contributed by atoms with Crippen molar-refractivity contribution in [3.63, 3.8) is 0 Å². The number of amides is 1. The van der Waals surface area contributed by atoms with Gasteiger partial charge in [0, 0.05) is 16.6 Å². The maximum atomic E-state index is 13.1. The van der Waals surface area contributed by atoms with Gasteiger partial charge in [-0.3, -0.25) is 14.8 Å². The third-order valence-corrected chi connectivity index (χ3v) is 6.50. The van der Waals surface area contributed by atoms with Gasteiger partial charge in [0.15, 0.2) is 10.9 Å². The Balaban J connectivity index is 1.55. The number of halogens is 1. The first-order valence-corrected chi connectivity index (χ1v) is 11.4. The average Bonchev–Trinajstić information content (AvgIpc) is 3.41. The molecule has 0 saturated carbocycles. The fourth-order valence-corrected chi connectivity index (χ4v) is 4.56. The smallest absolute Gasteiger partial charge is 0.261 e. The number of thiazole rings is 1. The van der Waals surface area contributed by atoms with E-state index < -0.39 is 21.7 Å². The summed E-state index contributed by atoms with van der Waals surface area (Å²) in [7, 11) is -3.98. The van der Waals surface area contributed by atoms with Crippen molar-refractivity contribution < 1.29 is 22.0 Å². The second-order valence-electron chi connectivity index (χ2n) is 6.56. The maximum absolute atomic E-state index is 13.1. The summed E-state index contributed by atoms with van der Waals surface area (Å²) in [6.07, 6.45) is 1.53. The molecule has 2 heterocycles. The number of carbonyl (C=O) groups excluding carboxylic acids is 1. The number of hydrogen-bond acceptors (Lipinski definition) is 6. The zero-order chi connectivity index (χ0) is 22.0. The summed E-state index contributed by atoms with van der Waals surface area (Å²) in [5, 5.41) is 4.79. The highest BCUT2D eigenvalue weighted by Gasteiger charge is 2.19. The number of aromatic nitrogens is 1. The number of hydrogen-bond donors (Lipinski definition) is 2. The Labute approximate surface area is 181 Å². The van der Waals surface area contributed by atoms with E-state index >= 15 is 0 Å². The molecule has 2 aromatic carbocycles. The number of rotatable bonds is 6. The number of furan rings is 1. The number of nitrogens with one attached hydrogen (secondary N) is 2. The van der Waals surface area contributed by atoms with Gasteiger partial charge < -0.3 is 4.42 Å². The Bertz CT molecular complexity index is 1330. The van der Waals surface area contributed by atoms with Gasteiger partial charge >= 0.3 is 0 Å². The molecule has 4 aromatic rings. The molecule has 7 nitrogen and oxygen atoms in total. The lowest BCUT2D eigenvalue weighted by Gasteiger charge is -2.11. The van der Waals surface area contributed by atoms with Gasteiger partial charge in [-0.05, 0) is 61.0 Å². The summed E-state index contributed by atoms with van der Waals surface area (Å²) in [5.41, 5.74) is 1.58. The second-order valence-corrected chi connectivity index (χ2v) is 9.10. The summed E-state index contributed by atoms with van der Waals surface area (Å²) < 4.78 is 46.1. The van der Waals surface area contributed by atoms with E-state index in [4.69, 9.17) is 4.42 Å². The fraction of sp³-hybridized carbons (Fsp3) is 0.0476. The van der Waals surface area contributed by atoms with E-state index in [1.165, 1.54) is 41.9 Å². The molecular weight excluding hydrogens is 441 g/mol. The van der Waals surface area contributed by atoms with E-state index in [0.717, 1.165) is 12.1 Å². The van der Waals surface area contributed by atoms with E-state index in [-0.39, 0.29) is 16.1 Å². The van der Waals surface area contributed by atoms with Gasteiger partial charge in [0.2, 0.25) is 0 Å². The minimum atomic E-state index is -3.98. The van der Waals surface area contributed by atoms with Crippen LogP contribution in [0.25, 0.3) is 11.5 Å². The molecule has 0 saturated heterocycles. The Morgan fingerprint density at radius 1 is 1.13 bits per heavy atom. The van der Waals surface area contributed by atoms with Crippen molar-refractivity contribution in [2.75, 3.05) is 10.0 Å². The highest BCUT2D eigenvalue weighted by molar-refractivity contribution is 7.92. The molecule has 0 aliphatic heterocycles. The number of anilines is 2. The van der Waals surface area contributed by atoms with Crippen LogP contribution in [0.5, 0.6) is 0 Å². The molecule has 0 spiro atoms. The van der Waals surface area contributed by atoms with Crippen LogP contribution in [0.1, 0.15) is 15.9 Å². The zero-order valence-electron chi connectivity index (χ0n) is 16.1. The molecule has 0 unspecified atom stereocenters. The number of aryl methyl sites for hydroxylation is 1. The van der Waals surface area contributed by atoms with Gasteiger partial charge in [-0.2, -0.15) is 0 Å². The lowest BCUT2D eigenvalue weighted by atomic mass is 10.1. The molecule has 4 rings (SSSR count). The number of carbonyl (C=O) groups is 1. The van der Waals surface area contributed by atoms with Crippen LogP contribution in [0.4, 0.5) is 15.2 Å². The van der Waals surface area contributed by atoms with Crippen LogP contribution in [0.2, 0.25) is 0 Å². The summed E-state index contributed by atoms with van der Waals surface area (Å²) in [5.74, 6) is -0.390. The summed E-state index contributed by atoms with van der Waals surface area (Å²) in [6.45, 7) is 1.70. The van der Waals surface area contributed by atoms with Gasteiger partial charge in [0.1, 0.15) is 11.5 Å². The molecule has 0 radical (unpaired) electrons. The summed E-state index contributed by atoms with van der Waals surface area (Å²) in [4.78, 5) is 17.0. The lowest BCUT2D eigenvalue weighted by Crippen LogP contribution is -2.17. The van der Waals surface area contributed by atoms with Crippen molar-refractivity contribution in [2.45, 2.75) is 11.8 Å². The van der Waals surface area contributed by atoms with E-state index in [1.807, 2.05) is 0 Å². The minimum absolute atomic E-state index is 0.0945. The van der Waals surface area contributed by atoms with Crippen LogP contribution >= 0.6 is 11.3 Å². The van der Waals surface area contributed by atoms with Crippen LogP contribution in [0.15, 0.2) is 75.6 Å². The molecule has 0 aliphatic carbocycles. The number of benzene rings is 2. The molecule has 2 aromatic heterocycles. The molecule has 10 heteroatoms. The third-order valence-electron chi connectivity index (χ3n) is 4.36. The standard InChI is InChI=1S/C21H16FN3O4S2/c1-13-4-9-16(31(27,28)25-15-7-5-14(22)6-8-15)11-17(13)20(26)24-21-23-18(12-30-21)19-3-2-10-29-19/h2-12,25H,1H3,(H,23,24,26). The summed E-state index contributed by atoms with van der Waals surface area (Å²) >= 11 is 1.23. The predicted octanol–water partition coefficient (Wildman–Crippen LogP) is 4.90. The van der Waals surface area contributed by atoms with Crippen molar-refractivity contribution in [1.82, 2.24) is 4.98 Å². The number of sulfonamides is 1. The van der Waals surface area contributed by atoms with Crippen molar-refractivity contribution >= 4 is 38.1 Å². The van der Waals surface area contributed by atoms with Gasteiger partial charge in [0.25, 0.3) is 15.9 Å². The van der Waals surface area contributed by atoms with Crippen LogP contribution < -0.4 is 10.0 Å². The molecule has 0 bridgehead atoms. The molecular formula is C21H16FN3O4S2. The normalized spacial score (nSPS) is 11.3. The second kappa shape index (κ2) is 8.32. The van der Waals surface area contributed by atoms with Crippen molar-refractivity contribution in [1.29, 1.82) is 0 Å².